The molecule has 1 heterocycles. The number of amides is 1. The normalized spacial score (nSPS) is 10.4. The van der Waals surface area contributed by atoms with Crippen molar-refractivity contribution in [1.82, 2.24) is 15.5 Å². The quantitative estimate of drug-likeness (QED) is 0.823. The van der Waals surface area contributed by atoms with Gasteiger partial charge in [0.1, 0.15) is 5.82 Å². The lowest BCUT2D eigenvalue weighted by Gasteiger charge is -1.99. The van der Waals surface area contributed by atoms with E-state index in [1.165, 1.54) is 19.2 Å². The van der Waals surface area contributed by atoms with E-state index < -0.39 is 11.7 Å². The van der Waals surface area contributed by atoms with Crippen LogP contribution >= 0.6 is 0 Å². The first-order valence-electron chi connectivity index (χ1n) is 5.58. The van der Waals surface area contributed by atoms with Crippen molar-refractivity contribution in [2.75, 3.05) is 20.3 Å². The van der Waals surface area contributed by atoms with Crippen molar-refractivity contribution in [2.45, 2.75) is 0 Å². The molecule has 0 saturated carbocycles. The molecule has 0 aliphatic rings. The molecule has 0 saturated heterocycles. The monoisotopic (exact) mass is 265 g/mol. The van der Waals surface area contributed by atoms with Crippen LogP contribution in [0, 0.1) is 5.82 Å². The number of benzene rings is 1. The van der Waals surface area contributed by atoms with E-state index in [9.17, 15) is 9.18 Å². The van der Waals surface area contributed by atoms with E-state index in [0.29, 0.717) is 13.2 Å². The number of ether oxygens (including phenoxy) is 1. The number of nitrogens with one attached hydrogen (secondary N) is 1. The molecule has 0 atom stereocenters. The predicted octanol–water partition coefficient (Wildman–Crippen LogP) is 1.25. The average molecular weight is 265 g/mol. The van der Waals surface area contributed by atoms with Gasteiger partial charge in [-0.05, 0) is 12.1 Å². The fourth-order valence-corrected chi connectivity index (χ4v) is 1.40. The van der Waals surface area contributed by atoms with Gasteiger partial charge in [-0.2, -0.15) is 0 Å². The molecule has 0 aliphatic heterocycles. The molecule has 1 aromatic heterocycles. The lowest BCUT2D eigenvalue weighted by molar-refractivity contribution is 0.0903. The summed E-state index contributed by atoms with van der Waals surface area (Å²) in [6.07, 6.45) is 0. The Bertz CT molecular complexity index is 571. The Morgan fingerprint density at radius 2 is 2.21 bits per heavy atom. The summed E-state index contributed by atoms with van der Waals surface area (Å²) in [5.74, 6) is -1.26. The average Bonchev–Trinajstić information content (AvgIpc) is 2.89. The summed E-state index contributed by atoms with van der Waals surface area (Å²) >= 11 is 0. The van der Waals surface area contributed by atoms with Crippen LogP contribution in [0.2, 0.25) is 0 Å². The van der Waals surface area contributed by atoms with Crippen LogP contribution in [0.3, 0.4) is 0 Å². The molecule has 0 fully saturated rings. The highest BCUT2D eigenvalue weighted by Crippen LogP contribution is 2.20. The van der Waals surface area contributed by atoms with Gasteiger partial charge >= 0.3 is 11.8 Å². The number of aromatic nitrogens is 2. The van der Waals surface area contributed by atoms with Crippen LogP contribution < -0.4 is 5.32 Å². The van der Waals surface area contributed by atoms with Gasteiger partial charge < -0.3 is 14.5 Å². The molecule has 19 heavy (non-hydrogen) atoms. The number of hydrogen-bond acceptors (Lipinski definition) is 5. The molecule has 100 valence electrons. The summed E-state index contributed by atoms with van der Waals surface area (Å²) < 4.78 is 23.4. The van der Waals surface area contributed by atoms with Gasteiger partial charge in [0.15, 0.2) is 0 Å². The summed E-state index contributed by atoms with van der Waals surface area (Å²) in [7, 11) is 1.52. The first-order chi connectivity index (χ1) is 9.22. The summed E-state index contributed by atoms with van der Waals surface area (Å²) in [6, 6.07) is 5.96. The van der Waals surface area contributed by atoms with E-state index >= 15 is 0 Å². The van der Waals surface area contributed by atoms with Crippen molar-refractivity contribution in [2.24, 2.45) is 0 Å². The van der Waals surface area contributed by atoms with Gasteiger partial charge in [-0.15, -0.1) is 10.2 Å². The lowest BCUT2D eigenvalue weighted by atomic mass is 10.2. The van der Waals surface area contributed by atoms with Crippen molar-refractivity contribution in [3.8, 4) is 11.5 Å². The van der Waals surface area contributed by atoms with Gasteiger partial charge in [-0.1, -0.05) is 12.1 Å². The Morgan fingerprint density at radius 3 is 2.95 bits per heavy atom. The topological polar surface area (TPSA) is 77.2 Å². The molecule has 6 nitrogen and oxygen atoms in total. The highest BCUT2D eigenvalue weighted by Gasteiger charge is 2.17. The van der Waals surface area contributed by atoms with Crippen molar-refractivity contribution in [3.05, 3.63) is 36.0 Å². The highest BCUT2D eigenvalue weighted by molar-refractivity contribution is 5.89. The second kappa shape index (κ2) is 6.05. The van der Waals surface area contributed by atoms with E-state index in [2.05, 4.69) is 15.5 Å². The first-order valence-corrected chi connectivity index (χ1v) is 5.58. The molecule has 1 amide bonds. The lowest BCUT2D eigenvalue weighted by Crippen LogP contribution is -2.27. The third-order valence-corrected chi connectivity index (χ3v) is 2.32. The summed E-state index contributed by atoms with van der Waals surface area (Å²) in [6.45, 7) is 0.701. The zero-order valence-corrected chi connectivity index (χ0v) is 10.2. The van der Waals surface area contributed by atoms with Crippen LogP contribution in [0.1, 0.15) is 10.7 Å². The van der Waals surface area contributed by atoms with E-state index in [-0.39, 0.29) is 17.3 Å². The Balaban J connectivity index is 2.11. The molecule has 0 spiro atoms. The van der Waals surface area contributed by atoms with Crippen LogP contribution in [-0.4, -0.2) is 36.4 Å². The molecular formula is C12H12FN3O3. The van der Waals surface area contributed by atoms with Crippen molar-refractivity contribution in [3.63, 3.8) is 0 Å². The minimum Gasteiger partial charge on any atom is -0.412 e. The number of rotatable bonds is 5. The van der Waals surface area contributed by atoms with Crippen molar-refractivity contribution >= 4 is 5.91 Å². The van der Waals surface area contributed by atoms with Crippen LogP contribution in [0.25, 0.3) is 11.5 Å². The maximum atomic E-state index is 13.5. The number of carbonyl (C=O) groups excluding carboxylic acids is 1. The number of halogens is 1. The van der Waals surface area contributed by atoms with Gasteiger partial charge in [0.2, 0.25) is 0 Å². The van der Waals surface area contributed by atoms with Crippen molar-refractivity contribution < 1.29 is 18.3 Å². The molecule has 7 heteroatoms. The highest BCUT2D eigenvalue weighted by atomic mass is 19.1. The minimum atomic E-state index is -0.521. The number of carbonyl (C=O) groups is 1. The standard InChI is InChI=1S/C12H12FN3O3/c1-18-7-6-14-10(17)12-16-15-11(19-12)8-4-2-3-5-9(8)13/h2-5H,6-7H2,1H3,(H,14,17). The second-order valence-corrected chi connectivity index (χ2v) is 3.64. The molecule has 0 radical (unpaired) electrons. The smallest absolute Gasteiger partial charge is 0.308 e. The Labute approximate surface area is 108 Å². The van der Waals surface area contributed by atoms with Gasteiger partial charge in [0, 0.05) is 13.7 Å². The zero-order valence-electron chi connectivity index (χ0n) is 10.2. The summed E-state index contributed by atoms with van der Waals surface area (Å²) in [5.41, 5.74) is 0.158. The molecular weight excluding hydrogens is 253 g/mol. The second-order valence-electron chi connectivity index (χ2n) is 3.64. The fourth-order valence-electron chi connectivity index (χ4n) is 1.40. The molecule has 0 bridgehead atoms. The number of hydrogen-bond donors (Lipinski definition) is 1. The van der Waals surface area contributed by atoms with Gasteiger partial charge in [-0.25, -0.2) is 4.39 Å². The predicted molar refractivity (Wildman–Crippen MR) is 63.9 cm³/mol. The van der Waals surface area contributed by atoms with Gasteiger partial charge in [-0.3, -0.25) is 4.79 Å². The van der Waals surface area contributed by atoms with E-state index in [4.69, 9.17) is 9.15 Å². The van der Waals surface area contributed by atoms with E-state index in [0.717, 1.165) is 0 Å². The third-order valence-electron chi connectivity index (χ3n) is 2.32. The minimum absolute atomic E-state index is 0.0324. The Morgan fingerprint density at radius 1 is 1.42 bits per heavy atom. The fraction of sp³-hybridized carbons (Fsp3) is 0.250. The van der Waals surface area contributed by atoms with Crippen LogP contribution in [0.15, 0.2) is 28.7 Å². The van der Waals surface area contributed by atoms with E-state index in [1.807, 2.05) is 0 Å². The maximum absolute atomic E-state index is 13.5. The maximum Gasteiger partial charge on any atom is 0.308 e. The largest absolute Gasteiger partial charge is 0.412 e. The molecule has 0 unspecified atom stereocenters. The van der Waals surface area contributed by atoms with Gasteiger partial charge in [0.25, 0.3) is 5.89 Å². The van der Waals surface area contributed by atoms with Crippen LogP contribution in [0.5, 0.6) is 0 Å². The van der Waals surface area contributed by atoms with Crippen LogP contribution in [0.4, 0.5) is 4.39 Å². The number of methoxy groups -OCH3 is 1. The zero-order chi connectivity index (χ0) is 13.7. The summed E-state index contributed by atoms with van der Waals surface area (Å²) in [5, 5.41) is 9.75. The Kier molecular flexibility index (Phi) is 4.19. The van der Waals surface area contributed by atoms with Crippen LogP contribution in [-0.2, 0) is 4.74 Å². The Hall–Kier alpha value is -2.28. The number of nitrogens with zero attached hydrogens (tertiary/aromatic N) is 2. The third kappa shape index (κ3) is 3.14. The van der Waals surface area contributed by atoms with Crippen molar-refractivity contribution in [1.29, 1.82) is 0 Å². The van der Waals surface area contributed by atoms with E-state index in [1.54, 1.807) is 12.1 Å². The SMILES string of the molecule is COCCNC(=O)c1nnc(-c2ccccc2F)o1. The molecule has 2 aromatic rings. The van der Waals surface area contributed by atoms with Gasteiger partial charge in [0.05, 0.1) is 12.2 Å². The first kappa shape index (κ1) is 13.2. The summed E-state index contributed by atoms with van der Waals surface area (Å²) in [4.78, 5) is 11.6. The molecule has 1 aromatic carbocycles. The molecule has 0 aliphatic carbocycles. The molecule has 2 rings (SSSR count). The molecule has 1 N–H and O–H groups in total.